The Bertz CT molecular complexity index is 635. The number of fused-ring (bicyclic) bond motifs is 5. The number of esters is 1. The van der Waals surface area contributed by atoms with Crippen LogP contribution in [0.3, 0.4) is 0 Å². The topological polar surface area (TPSA) is 43.4 Å². The van der Waals surface area contributed by atoms with E-state index in [1.807, 2.05) is 6.08 Å². The molecule has 0 bridgehead atoms. The minimum Gasteiger partial charge on any atom is -0.454 e. The predicted molar refractivity (Wildman–Crippen MR) is 96.8 cm³/mol. The summed E-state index contributed by atoms with van der Waals surface area (Å²) in [4.78, 5) is 24.1. The zero-order valence-corrected chi connectivity index (χ0v) is 16.1. The standard InChI is InChI=1S/C22H32O3/c1-13-20(25-14(2)23)19(24)12-15-7-8-16-17-6-5-10-21(17,3)11-9-18(16)22(13,15)4/h12-13,16-18,20H,5-11H2,1-4H3/t13-,16-,17-,18-,20?,21-,22-/m0/s1. The van der Waals surface area contributed by atoms with Crippen molar-refractivity contribution in [2.45, 2.75) is 78.7 Å². The average molecular weight is 344 g/mol. The van der Waals surface area contributed by atoms with E-state index in [0.717, 1.165) is 18.3 Å². The Hall–Kier alpha value is -1.12. The van der Waals surface area contributed by atoms with Gasteiger partial charge in [0.05, 0.1) is 0 Å². The van der Waals surface area contributed by atoms with Crippen molar-refractivity contribution in [3.8, 4) is 0 Å². The molecule has 0 saturated heterocycles. The molecule has 3 saturated carbocycles. The summed E-state index contributed by atoms with van der Waals surface area (Å²) in [5.41, 5.74) is 1.87. The second-order valence-electron chi connectivity index (χ2n) is 9.67. The third-order valence-electron chi connectivity index (χ3n) is 8.72. The van der Waals surface area contributed by atoms with Crippen LogP contribution in [0.15, 0.2) is 11.6 Å². The zero-order chi connectivity index (χ0) is 18.0. The number of hydrogen-bond acceptors (Lipinski definition) is 3. The number of hydrogen-bond donors (Lipinski definition) is 0. The van der Waals surface area contributed by atoms with E-state index in [1.165, 1.54) is 51.0 Å². The first-order chi connectivity index (χ1) is 11.8. The molecule has 0 radical (unpaired) electrons. The molecule has 3 fully saturated rings. The van der Waals surface area contributed by atoms with E-state index < -0.39 is 6.10 Å². The number of rotatable bonds is 1. The molecule has 0 amide bonds. The lowest BCUT2D eigenvalue weighted by atomic mass is 9.45. The van der Waals surface area contributed by atoms with E-state index in [1.54, 1.807) is 0 Å². The lowest BCUT2D eigenvalue weighted by Crippen LogP contribution is -2.56. The fourth-order valence-corrected chi connectivity index (χ4v) is 7.27. The Morgan fingerprint density at radius 1 is 1.16 bits per heavy atom. The molecule has 3 nitrogen and oxygen atoms in total. The van der Waals surface area contributed by atoms with Gasteiger partial charge >= 0.3 is 5.97 Å². The minimum absolute atomic E-state index is 0.000856. The SMILES string of the molecule is CC(=O)OC1C(=O)C=C2CC[C@H]3[C@@H]4CCC[C@@]4(C)CC[C@@H]3[C@@]2(C)[C@H]1C. The summed E-state index contributed by atoms with van der Waals surface area (Å²) in [5, 5.41) is 0. The van der Waals surface area contributed by atoms with E-state index in [2.05, 4.69) is 20.8 Å². The fraction of sp³-hybridized carbons (Fsp3) is 0.818. The molecule has 0 N–H and O–H groups in total. The van der Waals surface area contributed by atoms with Gasteiger partial charge in [-0.3, -0.25) is 9.59 Å². The molecule has 4 rings (SSSR count). The Morgan fingerprint density at radius 3 is 2.64 bits per heavy atom. The summed E-state index contributed by atoms with van der Waals surface area (Å²) >= 11 is 0. The molecule has 7 atom stereocenters. The summed E-state index contributed by atoms with van der Waals surface area (Å²) < 4.78 is 5.48. The largest absolute Gasteiger partial charge is 0.454 e. The van der Waals surface area contributed by atoms with Gasteiger partial charge in [0.25, 0.3) is 0 Å². The monoisotopic (exact) mass is 344 g/mol. The molecule has 0 aromatic carbocycles. The molecule has 1 unspecified atom stereocenters. The van der Waals surface area contributed by atoms with Crippen LogP contribution in [-0.2, 0) is 14.3 Å². The first kappa shape index (κ1) is 17.3. The van der Waals surface area contributed by atoms with Crippen LogP contribution in [0.2, 0.25) is 0 Å². The quantitative estimate of drug-likeness (QED) is 0.648. The molecule has 0 aromatic rings. The Balaban J connectivity index is 1.71. The molecule has 0 spiro atoms. The third kappa shape index (κ3) is 2.37. The highest BCUT2D eigenvalue weighted by Gasteiger charge is 2.59. The summed E-state index contributed by atoms with van der Waals surface area (Å²) in [7, 11) is 0. The van der Waals surface area contributed by atoms with Gasteiger partial charge in [0, 0.05) is 12.8 Å². The van der Waals surface area contributed by atoms with Crippen molar-refractivity contribution in [2.75, 3.05) is 0 Å². The van der Waals surface area contributed by atoms with Gasteiger partial charge in [0.1, 0.15) is 0 Å². The van der Waals surface area contributed by atoms with Crippen LogP contribution in [0.4, 0.5) is 0 Å². The second kappa shape index (κ2) is 5.69. The lowest BCUT2D eigenvalue weighted by molar-refractivity contribution is -0.162. The maximum Gasteiger partial charge on any atom is 0.303 e. The lowest BCUT2D eigenvalue weighted by Gasteiger charge is -2.59. The Labute approximate surface area is 151 Å². The van der Waals surface area contributed by atoms with Crippen LogP contribution < -0.4 is 0 Å². The molecular formula is C22H32O3. The maximum atomic E-state index is 12.6. The van der Waals surface area contributed by atoms with E-state index >= 15 is 0 Å². The summed E-state index contributed by atoms with van der Waals surface area (Å²) in [6, 6.07) is 0. The summed E-state index contributed by atoms with van der Waals surface area (Å²) in [6.07, 6.45) is 10.3. The van der Waals surface area contributed by atoms with E-state index in [-0.39, 0.29) is 23.1 Å². The fourth-order valence-electron chi connectivity index (χ4n) is 7.27. The van der Waals surface area contributed by atoms with Gasteiger partial charge in [0.2, 0.25) is 0 Å². The third-order valence-corrected chi connectivity index (χ3v) is 8.72. The first-order valence-electron chi connectivity index (χ1n) is 10.2. The molecule has 25 heavy (non-hydrogen) atoms. The van der Waals surface area contributed by atoms with Gasteiger partial charge < -0.3 is 4.74 Å². The van der Waals surface area contributed by atoms with Gasteiger partial charge in [-0.1, -0.05) is 32.8 Å². The number of carbonyl (C=O) groups is 2. The second-order valence-corrected chi connectivity index (χ2v) is 9.67. The van der Waals surface area contributed by atoms with Crippen LogP contribution in [0, 0.1) is 34.5 Å². The molecular weight excluding hydrogens is 312 g/mol. The maximum absolute atomic E-state index is 12.6. The summed E-state index contributed by atoms with van der Waals surface area (Å²) in [5.74, 6) is 1.98. The van der Waals surface area contributed by atoms with Crippen molar-refractivity contribution in [1.29, 1.82) is 0 Å². The minimum atomic E-state index is -0.595. The normalized spacial score (nSPS) is 48.9. The van der Waals surface area contributed by atoms with Gasteiger partial charge in [0.15, 0.2) is 11.9 Å². The van der Waals surface area contributed by atoms with Crippen LogP contribution >= 0.6 is 0 Å². The molecule has 0 aliphatic heterocycles. The van der Waals surface area contributed by atoms with Crippen molar-refractivity contribution < 1.29 is 14.3 Å². The van der Waals surface area contributed by atoms with Crippen LogP contribution in [-0.4, -0.2) is 17.9 Å². The van der Waals surface area contributed by atoms with E-state index in [0.29, 0.717) is 11.3 Å². The number of allylic oxidation sites excluding steroid dienone is 1. The molecule has 4 aliphatic rings. The van der Waals surface area contributed by atoms with Crippen molar-refractivity contribution >= 4 is 11.8 Å². The van der Waals surface area contributed by atoms with Gasteiger partial charge in [-0.25, -0.2) is 0 Å². The molecule has 0 aromatic heterocycles. The smallest absolute Gasteiger partial charge is 0.303 e. The predicted octanol–water partition coefficient (Wildman–Crippen LogP) is 4.70. The van der Waals surface area contributed by atoms with Crippen molar-refractivity contribution in [3.63, 3.8) is 0 Å². The highest BCUT2D eigenvalue weighted by atomic mass is 16.5. The van der Waals surface area contributed by atoms with Gasteiger partial charge in [-0.15, -0.1) is 0 Å². The molecule has 4 aliphatic carbocycles. The van der Waals surface area contributed by atoms with Crippen LogP contribution in [0.1, 0.15) is 72.6 Å². The number of ether oxygens (including phenoxy) is 1. The Morgan fingerprint density at radius 2 is 1.92 bits per heavy atom. The van der Waals surface area contributed by atoms with Gasteiger partial charge in [-0.05, 0) is 73.2 Å². The highest BCUT2D eigenvalue weighted by Crippen LogP contribution is 2.66. The first-order valence-corrected chi connectivity index (χ1v) is 10.2. The summed E-state index contributed by atoms with van der Waals surface area (Å²) in [6.45, 7) is 8.43. The molecule has 138 valence electrons. The zero-order valence-electron chi connectivity index (χ0n) is 16.1. The van der Waals surface area contributed by atoms with E-state index in [9.17, 15) is 9.59 Å². The highest BCUT2D eigenvalue weighted by molar-refractivity contribution is 5.97. The van der Waals surface area contributed by atoms with Crippen LogP contribution in [0.25, 0.3) is 0 Å². The van der Waals surface area contributed by atoms with Crippen molar-refractivity contribution in [2.24, 2.45) is 34.5 Å². The number of carbonyl (C=O) groups excluding carboxylic acids is 2. The van der Waals surface area contributed by atoms with Crippen LogP contribution in [0.5, 0.6) is 0 Å². The van der Waals surface area contributed by atoms with Gasteiger partial charge in [-0.2, -0.15) is 0 Å². The van der Waals surface area contributed by atoms with Crippen molar-refractivity contribution in [1.82, 2.24) is 0 Å². The molecule has 3 heteroatoms. The average Bonchev–Trinajstić information content (AvgIpc) is 2.95. The Kier molecular flexibility index (Phi) is 3.94. The van der Waals surface area contributed by atoms with E-state index in [4.69, 9.17) is 4.74 Å². The number of ketones is 1. The van der Waals surface area contributed by atoms with Crippen molar-refractivity contribution in [3.05, 3.63) is 11.6 Å². The molecule has 0 heterocycles.